The number of hydrogen-bond donors (Lipinski definition) is 1. The maximum atomic E-state index is 12.6. The minimum absolute atomic E-state index is 0.00225. The SMILES string of the molecule is Cc1nnc(SCC(=O)c2c[nH]c(C(=O)N3CCCC3)c2)n1C1CCCCC1. The smallest absolute Gasteiger partial charge is 0.270 e. The molecule has 7 nitrogen and oxygen atoms in total. The number of ketones is 1. The van der Waals surface area contributed by atoms with E-state index in [0.717, 1.165) is 49.8 Å². The number of likely N-dealkylation sites (tertiary alicyclic amines) is 1. The lowest BCUT2D eigenvalue weighted by molar-refractivity contribution is 0.0787. The number of Topliss-reactive ketones (excluding diaryl/α,β-unsaturated/α-hetero) is 1. The molecule has 150 valence electrons. The first kappa shape index (κ1) is 19.2. The predicted octanol–water partition coefficient (Wildman–Crippen LogP) is 3.63. The van der Waals surface area contributed by atoms with E-state index < -0.39 is 0 Å². The van der Waals surface area contributed by atoms with Crippen LogP contribution in [0.2, 0.25) is 0 Å². The Balaban J connectivity index is 1.39. The number of aromatic nitrogens is 4. The van der Waals surface area contributed by atoms with Gasteiger partial charge < -0.3 is 14.5 Å². The van der Waals surface area contributed by atoms with Gasteiger partial charge in [0.1, 0.15) is 11.5 Å². The van der Waals surface area contributed by atoms with Gasteiger partial charge in [-0.25, -0.2) is 0 Å². The lowest BCUT2D eigenvalue weighted by Crippen LogP contribution is -2.27. The fourth-order valence-corrected chi connectivity index (χ4v) is 5.14. The summed E-state index contributed by atoms with van der Waals surface area (Å²) in [6.07, 6.45) is 9.82. The van der Waals surface area contributed by atoms with Crippen LogP contribution in [0.1, 0.15) is 77.7 Å². The largest absolute Gasteiger partial charge is 0.356 e. The van der Waals surface area contributed by atoms with Crippen molar-refractivity contribution >= 4 is 23.5 Å². The number of aromatic amines is 1. The highest BCUT2D eigenvalue weighted by molar-refractivity contribution is 7.99. The molecule has 1 saturated carbocycles. The molecule has 2 aromatic rings. The van der Waals surface area contributed by atoms with Crippen LogP contribution >= 0.6 is 11.8 Å². The second-order valence-corrected chi connectivity index (χ2v) is 8.65. The average molecular weight is 402 g/mol. The summed E-state index contributed by atoms with van der Waals surface area (Å²) in [5.74, 6) is 1.19. The third kappa shape index (κ3) is 4.01. The minimum Gasteiger partial charge on any atom is -0.356 e. The fraction of sp³-hybridized carbons (Fsp3) is 0.600. The number of nitrogens with one attached hydrogen (secondary N) is 1. The standard InChI is InChI=1S/C20H27N5O2S/c1-14-22-23-20(25(14)16-7-3-2-4-8-16)28-13-18(26)15-11-17(21-12-15)19(27)24-9-5-6-10-24/h11-12,16,21H,2-10,13H2,1H3. The normalized spacial score (nSPS) is 18.0. The Bertz CT molecular complexity index is 847. The molecule has 2 aromatic heterocycles. The van der Waals surface area contributed by atoms with Crippen molar-refractivity contribution in [3.05, 3.63) is 29.3 Å². The van der Waals surface area contributed by atoms with Crippen LogP contribution in [0.5, 0.6) is 0 Å². The molecule has 3 heterocycles. The fourth-order valence-electron chi connectivity index (χ4n) is 4.19. The number of carbonyl (C=O) groups excluding carboxylic acids is 2. The van der Waals surface area contributed by atoms with Crippen LogP contribution in [0.4, 0.5) is 0 Å². The Kier molecular flexibility index (Phi) is 5.85. The number of aryl methyl sites for hydroxylation is 1. The van der Waals surface area contributed by atoms with Crippen LogP contribution in [0, 0.1) is 6.92 Å². The van der Waals surface area contributed by atoms with E-state index in [1.807, 2.05) is 11.8 Å². The summed E-state index contributed by atoms with van der Waals surface area (Å²) in [7, 11) is 0. The first-order valence-corrected chi connectivity index (χ1v) is 11.2. The van der Waals surface area contributed by atoms with Gasteiger partial charge in [0.15, 0.2) is 10.9 Å². The molecule has 8 heteroatoms. The van der Waals surface area contributed by atoms with Gasteiger partial charge in [-0.05, 0) is 38.7 Å². The van der Waals surface area contributed by atoms with Crippen molar-refractivity contribution in [3.8, 4) is 0 Å². The van der Waals surface area contributed by atoms with Crippen molar-refractivity contribution in [2.45, 2.75) is 63.1 Å². The van der Waals surface area contributed by atoms with Crippen LogP contribution in [-0.4, -0.2) is 55.2 Å². The van der Waals surface area contributed by atoms with E-state index in [9.17, 15) is 9.59 Å². The Morgan fingerprint density at radius 3 is 2.64 bits per heavy atom. The second kappa shape index (κ2) is 8.51. The minimum atomic E-state index is -0.0168. The van der Waals surface area contributed by atoms with Gasteiger partial charge in [0, 0.05) is 30.9 Å². The number of hydrogen-bond acceptors (Lipinski definition) is 5. The van der Waals surface area contributed by atoms with Gasteiger partial charge in [-0.1, -0.05) is 31.0 Å². The van der Waals surface area contributed by atoms with Crippen LogP contribution in [-0.2, 0) is 0 Å². The molecule has 0 unspecified atom stereocenters. The summed E-state index contributed by atoms with van der Waals surface area (Å²) in [6, 6.07) is 2.12. The van der Waals surface area contributed by atoms with Crippen LogP contribution in [0.3, 0.4) is 0 Å². The summed E-state index contributed by atoms with van der Waals surface area (Å²) < 4.78 is 2.20. The number of carbonyl (C=O) groups is 2. The van der Waals surface area contributed by atoms with E-state index >= 15 is 0 Å². The molecule has 0 spiro atoms. The number of amides is 1. The van der Waals surface area contributed by atoms with E-state index in [1.54, 1.807) is 12.3 Å². The van der Waals surface area contributed by atoms with E-state index in [1.165, 1.54) is 31.0 Å². The van der Waals surface area contributed by atoms with Crippen LogP contribution < -0.4 is 0 Å². The summed E-state index contributed by atoms with van der Waals surface area (Å²) in [4.78, 5) is 29.9. The van der Waals surface area contributed by atoms with Crippen molar-refractivity contribution < 1.29 is 9.59 Å². The second-order valence-electron chi connectivity index (χ2n) is 7.70. The van der Waals surface area contributed by atoms with Gasteiger partial charge in [-0.2, -0.15) is 0 Å². The van der Waals surface area contributed by atoms with Gasteiger partial charge >= 0.3 is 0 Å². The zero-order valence-corrected chi connectivity index (χ0v) is 17.1. The first-order valence-electron chi connectivity index (χ1n) is 10.2. The quantitative estimate of drug-likeness (QED) is 0.590. The molecular weight excluding hydrogens is 374 g/mol. The van der Waals surface area contributed by atoms with Gasteiger partial charge in [0.05, 0.1) is 5.75 Å². The van der Waals surface area contributed by atoms with Crippen molar-refractivity contribution in [3.63, 3.8) is 0 Å². The summed E-state index contributed by atoms with van der Waals surface area (Å²) in [6.45, 7) is 3.58. The molecule has 1 N–H and O–H groups in total. The Morgan fingerprint density at radius 1 is 1.14 bits per heavy atom. The number of thioether (sulfide) groups is 1. The average Bonchev–Trinajstić information content (AvgIpc) is 3.47. The molecular formula is C20H27N5O2S. The van der Waals surface area contributed by atoms with E-state index in [2.05, 4.69) is 19.7 Å². The van der Waals surface area contributed by atoms with Gasteiger partial charge in [0.25, 0.3) is 5.91 Å². The van der Waals surface area contributed by atoms with E-state index in [4.69, 9.17) is 0 Å². The van der Waals surface area contributed by atoms with Crippen molar-refractivity contribution in [2.24, 2.45) is 0 Å². The lowest BCUT2D eigenvalue weighted by Gasteiger charge is -2.24. The predicted molar refractivity (Wildman–Crippen MR) is 108 cm³/mol. The highest BCUT2D eigenvalue weighted by Gasteiger charge is 2.24. The molecule has 2 aliphatic rings. The maximum absolute atomic E-state index is 12.6. The molecule has 28 heavy (non-hydrogen) atoms. The molecule has 1 amide bonds. The van der Waals surface area contributed by atoms with Crippen LogP contribution in [0.15, 0.2) is 17.4 Å². The molecule has 1 saturated heterocycles. The molecule has 4 rings (SSSR count). The number of H-pyrrole nitrogens is 1. The number of nitrogens with zero attached hydrogens (tertiary/aromatic N) is 4. The van der Waals surface area contributed by atoms with Gasteiger partial charge in [-0.3, -0.25) is 9.59 Å². The Morgan fingerprint density at radius 2 is 1.89 bits per heavy atom. The number of rotatable bonds is 6. The first-order chi connectivity index (χ1) is 13.6. The Hall–Kier alpha value is -2.09. The molecule has 0 aromatic carbocycles. The van der Waals surface area contributed by atoms with Crippen molar-refractivity contribution in [1.29, 1.82) is 0 Å². The monoisotopic (exact) mass is 401 g/mol. The lowest BCUT2D eigenvalue weighted by atomic mass is 9.95. The summed E-state index contributed by atoms with van der Waals surface area (Å²) in [5, 5.41) is 9.36. The third-order valence-electron chi connectivity index (χ3n) is 5.74. The molecule has 1 aliphatic carbocycles. The summed E-state index contributed by atoms with van der Waals surface area (Å²) >= 11 is 1.44. The van der Waals surface area contributed by atoms with Crippen LogP contribution in [0.25, 0.3) is 0 Å². The highest BCUT2D eigenvalue weighted by Crippen LogP contribution is 2.32. The van der Waals surface area contributed by atoms with Crippen molar-refractivity contribution in [1.82, 2.24) is 24.6 Å². The Labute approximate surface area is 169 Å². The van der Waals surface area contributed by atoms with Gasteiger partial charge in [-0.15, -0.1) is 10.2 Å². The zero-order valence-electron chi connectivity index (χ0n) is 16.3. The van der Waals surface area contributed by atoms with Crippen molar-refractivity contribution in [2.75, 3.05) is 18.8 Å². The molecule has 0 radical (unpaired) electrons. The van der Waals surface area contributed by atoms with E-state index in [-0.39, 0.29) is 11.7 Å². The third-order valence-corrected chi connectivity index (χ3v) is 6.68. The summed E-state index contributed by atoms with van der Waals surface area (Å²) in [5.41, 5.74) is 1.05. The molecule has 1 aliphatic heterocycles. The zero-order chi connectivity index (χ0) is 19.5. The molecule has 2 fully saturated rings. The topological polar surface area (TPSA) is 83.9 Å². The highest BCUT2D eigenvalue weighted by atomic mass is 32.2. The molecule has 0 bridgehead atoms. The van der Waals surface area contributed by atoms with E-state index in [0.29, 0.717) is 23.1 Å². The van der Waals surface area contributed by atoms with Gasteiger partial charge in [0.2, 0.25) is 0 Å². The maximum Gasteiger partial charge on any atom is 0.270 e. The molecule has 0 atom stereocenters.